The van der Waals surface area contributed by atoms with Crippen LogP contribution in [0, 0.1) is 5.41 Å². The highest BCUT2D eigenvalue weighted by atomic mass is 32.2. The Morgan fingerprint density at radius 1 is 1.22 bits per heavy atom. The predicted octanol–water partition coefficient (Wildman–Crippen LogP) is 5.42. The molecule has 1 saturated carbocycles. The van der Waals surface area contributed by atoms with Gasteiger partial charge in [-0.15, -0.1) is 0 Å². The van der Waals surface area contributed by atoms with Gasteiger partial charge in [0, 0.05) is 6.54 Å². The maximum atomic E-state index is 12.9. The lowest BCUT2D eigenvalue weighted by Gasteiger charge is -2.35. The zero-order valence-electron chi connectivity index (χ0n) is 14.8. The molecule has 1 aromatic carbocycles. The van der Waals surface area contributed by atoms with Gasteiger partial charge in [0.25, 0.3) is 11.1 Å². The third-order valence-electron chi connectivity index (χ3n) is 5.10. The molecule has 3 rings (SSSR count). The Morgan fingerprint density at radius 2 is 1.89 bits per heavy atom. The number of phenols is 1. The fraction of sp³-hybridized carbons (Fsp3) is 0.474. The number of benzene rings is 1. The van der Waals surface area contributed by atoms with Gasteiger partial charge < -0.3 is 5.11 Å². The second-order valence-corrected chi connectivity index (χ2v) is 8.41. The fourth-order valence-electron chi connectivity index (χ4n) is 3.60. The highest BCUT2D eigenvalue weighted by Gasteiger charge is 2.40. The van der Waals surface area contributed by atoms with Crippen molar-refractivity contribution in [1.29, 1.82) is 0 Å². The molecule has 1 aliphatic carbocycles. The number of amides is 2. The van der Waals surface area contributed by atoms with E-state index in [-0.39, 0.29) is 15.9 Å². The van der Waals surface area contributed by atoms with E-state index < -0.39 is 28.6 Å². The molecule has 0 radical (unpaired) electrons. The summed E-state index contributed by atoms with van der Waals surface area (Å²) in [5.74, 6) is -1.35. The number of carbonyl (C=O) groups excluding carboxylic acids is 2. The van der Waals surface area contributed by atoms with Crippen molar-refractivity contribution in [3.63, 3.8) is 0 Å². The van der Waals surface area contributed by atoms with E-state index >= 15 is 0 Å². The fourth-order valence-corrected chi connectivity index (χ4v) is 4.44. The van der Waals surface area contributed by atoms with Gasteiger partial charge in [-0.1, -0.05) is 32.3 Å². The molecule has 0 bridgehead atoms. The maximum Gasteiger partial charge on any atom is 0.419 e. The summed E-state index contributed by atoms with van der Waals surface area (Å²) >= 11 is 0.736. The number of hydrogen-bond donors (Lipinski definition) is 1. The van der Waals surface area contributed by atoms with Gasteiger partial charge in [-0.05, 0) is 53.8 Å². The summed E-state index contributed by atoms with van der Waals surface area (Å²) in [6.45, 7) is 2.40. The Morgan fingerprint density at radius 3 is 2.52 bits per heavy atom. The zero-order chi connectivity index (χ0) is 19.8. The number of nitrogens with zero attached hydrogens (tertiary/aromatic N) is 1. The van der Waals surface area contributed by atoms with Gasteiger partial charge >= 0.3 is 6.18 Å². The molecule has 1 N–H and O–H groups in total. The molecule has 2 fully saturated rings. The van der Waals surface area contributed by atoms with E-state index in [0.29, 0.717) is 6.54 Å². The van der Waals surface area contributed by atoms with Gasteiger partial charge in [-0.25, -0.2) is 0 Å². The van der Waals surface area contributed by atoms with Crippen LogP contribution in [0.5, 0.6) is 5.75 Å². The normalized spacial score (nSPS) is 21.9. The largest absolute Gasteiger partial charge is 0.507 e. The number of alkyl halides is 3. The number of halogens is 3. The molecule has 27 heavy (non-hydrogen) atoms. The number of phenolic OH excluding ortho intramolecular Hbond substituents is 1. The number of thioether (sulfide) groups is 1. The van der Waals surface area contributed by atoms with Crippen LogP contribution in [-0.4, -0.2) is 27.7 Å². The standard InChI is InChI=1S/C19H20F3NO3S/c1-18(7-3-2-4-8-18)11-23-16(25)15(27-17(23)26)10-12-5-6-14(24)13(9-12)19(20,21)22/h5-6,9-10,24H,2-4,7-8,11H2,1H3/b15-10+. The molecule has 0 atom stereocenters. The van der Waals surface area contributed by atoms with Crippen LogP contribution in [-0.2, 0) is 11.0 Å². The number of rotatable bonds is 3. The Labute approximate surface area is 159 Å². The van der Waals surface area contributed by atoms with E-state index in [1.165, 1.54) is 17.0 Å². The molecule has 1 saturated heterocycles. The van der Waals surface area contributed by atoms with E-state index in [9.17, 15) is 27.9 Å². The molecular weight excluding hydrogens is 379 g/mol. The molecule has 2 aliphatic rings. The van der Waals surface area contributed by atoms with E-state index in [2.05, 4.69) is 6.92 Å². The van der Waals surface area contributed by atoms with Crippen molar-refractivity contribution >= 4 is 29.0 Å². The van der Waals surface area contributed by atoms with Gasteiger partial charge in [0.15, 0.2) is 0 Å². The average Bonchev–Trinajstić information content (AvgIpc) is 2.83. The third kappa shape index (κ3) is 4.31. The molecule has 8 heteroatoms. The Bertz CT molecular complexity index is 798. The van der Waals surface area contributed by atoms with Crippen LogP contribution in [0.15, 0.2) is 23.1 Å². The average molecular weight is 399 g/mol. The summed E-state index contributed by atoms with van der Waals surface area (Å²) in [4.78, 5) is 26.2. The zero-order valence-corrected chi connectivity index (χ0v) is 15.6. The summed E-state index contributed by atoms with van der Waals surface area (Å²) in [5, 5.41) is 9.01. The lowest BCUT2D eigenvalue weighted by molar-refractivity contribution is -0.138. The molecule has 146 valence electrons. The van der Waals surface area contributed by atoms with Crippen LogP contribution >= 0.6 is 11.8 Å². The smallest absolute Gasteiger partial charge is 0.419 e. The number of carbonyl (C=O) groups is 2. The minimum absolute atomic E-state index is 0.0956. The second kappa shape index (κ2) is 7.22. The van der Waals surface area contributed by atoms with Crippen LogP contribution < -0.4 is 0 Å². The van der Waals surface area contributed by atoms with Crippen molar-refractivity contribution in [2.75, 3.05) is 6.54 Å². The molecule has 2 amide bonds. The van der Waals surface area contributed by atoms with Crippen molar-refractivity contribution in [3.05, 3.63) is 34.2 Å². The minimum Gasteiger partial charge on any atom is -0.507 e. The first-order valence-corrected chi connectivity index (χ1v) is 9.56. The number of imide groups is 1. The molecule has 0 spiro atoms. The van der Waals surface area contributed by atoms with Crippen LogP contribution in [0.4, 0.5) is 18.0 Å². The van der Waals surface area contributed by atoms with Gasteiger partial charge in [0.2, 0.25) is 0 Å². The first-order valence-electron chi connectivity index (χ1n) is 8.75. The number of hydrogen-bond acceptors (Lipinski definition) is 4. The molecule has 0 unspecified atom stereocenters. The number of aromatic hydroxyl groups is 1. The Balaban J connectivity index is 1.82. The third-order valence-corrected chi connectivity index (χ3v) is 6.01. The summed E-state index contributed by atoms with van der Waals surface area (Å²) in [5.41, 5.74) is -1.18. The topological polar surface area (TPSA) is 57.6 Å². The molecular formula is C19H20F3NO3S. The molecule has 0 aromatic heterocycles. The minimum atomic E-state index is -4.71. The summed E-state index contributed by atoms with van der Waals surface area (Å²) < 4.78 is 38.8. The Kier molecular flexibility index (Phi) is 5.29. The van der Waals surface area contributed by atoms with Crippen LogP contribution in [0.3, 0.4) is 0 Å². The Hall–Kier alpha value is -1.96. The van der Waals surface area contributed by atoms with Crippen LogP contribution in [0.2, 0.25) is 0 Å². The van der Waals surface area contributed by atoms with Crippen LogP contribution in [0.1, 0.15) is 50.2 Å². The van der Waals surface area contributed by atoms with E-state index in [1.807, 2.05) is 0 Å². The highest BCUT2D eigenvalue weighted by Crippen LogP contribution is 2.41. The van der Waals surface area contributed by atoms with Crippen molar-refractivity contribution < 1.29 is 27.9 Å². The highest BCUT2D eigenvalue weighted by molar-refractivity contribution is 8.18. The lowest BCUT2D eigenvalue weighted by Crippen LogP contribution is -2.39. The predicted molar refractivity (Wildman–Crippen MR) is 97.0 cm³/mol. The second-order valence-electron chi connectivity index (χ2n) is 7.41. The summed E-state index contributed by atoms with van der Waals surface area (Å²) in [7, 11) is 0. The van der Waals surface area contributed by atoms with E-state index in [1.54, 1.807) is 0 Å². The van der Waals surface area contributed by atoms with Crippen molar-refractivity contribution in [1.82, 2.24) is 4.90 Å². The summed E-state index contributed by atoms with van der Waals surface area (Å²) in [6.07, 6.45) is 1.74. The van der Waals surface area contributed by atoms with Crippen molar-refractivity contribution in [2.24, 2.45) is 5.41 Å². The molecule has 1 aromatic rings. The molecule has 4 nitrogen and oxygen atoms in total. The first-order chi connectivity index (χ1) is 12.6. The van der Waals surface area contributed by atoms with Crippen LogP contribution in [0.25, 0.3) is 6.08 Å². The van der Waals surface area contributed by atoms with Crippen molar-refractivity contribution in [3.8, 4) is 5.75 Å². The maximum absolute atomic E-state index is 12.9. The lowest BCUT2D eigenvalue weighted by atomic mass is 9.75. The quantitative estimate of drug-likeness (QED) is 0.690. The first kappa shape index (κ1) is 19.8. The molecule has 1 aliphatic heterocycles. The summed E-state index contributed by atoms with van der Waals surface area (Å²) in [6, 6.07) is 2.98. The van der Waals surface area contributed by atoms with Gasteiger partial charge in [-0.3, -0.25) is 14.5 Å². The van der Waals surface area contributed by atoms with E-state index in [4.69, 9.17) is 0 Å². The van der Waals surface area contributed by atoms with Gasteiger partial charge in [-0.2, -0.15) is 13.2 Å². The van der Waals surface area contributed by atoms with Gasteiger partial charge in [0.05, 0.1) is 10.5 Å². The van der Waals surface area contributed by atoms with Crippen molar-refractivity contribution in [2.45, 2.75) is 45.2 Å². The molecule has 1 heterocycles. The SMILES string of the molecule is CC1(CN2C(=O)S/C(=C/c3ccc(O)c(C(F)(F)F)c3)C2=O)CCCCC1. The monoisotopic (exact) mass is 399 g/mol. The van der Waals surface area contributed by atoms with Gasteiger partial charge in [0.1, 0.15) is 5.75 Å². The van der Waals surface area contributed by atoms with E-state index in [0.717, 1.165) is 56.0 Å².